The molecule has 0 fully saturated rings. The lowest BCUT2D eigenvalue weighted by molar-refractivity contribution is -0.0500. The van der Waals surface area contributed by atoms with Gasteiger partial charge >= 0.3 is 15.6 Å². The summed E-state index contributed by atoms with van der Waals surface area (Å²) in [6, 6.07) is 3.24. The van der Waals surface area contributed by atoms with Crippen LogP contribution in [0.25, 0.3) is 0 Å². The molecule has 0 N–H and O–H groups in total. The molecular weight excluding hydrogens is 289 g/mol. The van der Waals surface area contributed by atoms with Crippen molar-refractivity contribution in [3.8, 4) is 5.75 Å². The number of carbonyl (C=O) groups is 1. The van der Waals surface area contributed by atoms with Crippen molar-refractivity contribution < 1.29 is 35.3 Å². The second kappa shape index (κ2) is 4.49. The van der Waals surface area contributed by atoms with Crippen molar-refractivity contribution in [3.05, 3.63) is 29.3 Å². The minimum Gasteiger partial charge on any atom is -0.376 e. The normalized spacial score (nSPS) is 16.1. The van der Waals surface area contributed by atoms with E-state index < -0.39 is 21.4 Å². The van der Waals surface area contributed by atoms with Gasteiger partial charge in [0.2, 0.25) is 0 Å². The van der Waals surface area contributed by atoms with Gasteiger partial charge in [-0.25, -0.2) is 0 Å². The molecule has 104 valence electrons. The van der Waals surface area contributed by atoms with Crippen LogP contribution in [0.4, 0.5) is 13.2 Å². The number of fused-ring (bicyclic) bond motifs is 1. The first-order chi connectivity index (χ1) is 8.71. The fraction of sp³-hybridized carbons (Fsp3) is 0.300. The van der Waals surface area contributed by atoms with E-state index in [1.54, 1.807) is 0 Å². The molecule has 0 saturated carbocycles. The summed E-state index contributed by atoms with van der Waals surface area (Å²) < 4.78 is 66.8. The maximum absolute atomic E-state index is 12.1. The number of rotatable bonds is 2. The van der Waals surface area contributed by atoms with Crippen LogP contribution in [0.5, 0.6) is 5.75 Å². The van der Waals surface area contributed by atoms with Gasteiger partial charge in [-0.1, -0.05) is 0 Å². The van der Waals surface area contributed by atoms with Crippen molar-refractivity contribution in [2.24, 2.45) is 0 Å². The molecule has 0 saturated heterocycles. The fourth-order valence-electron chi connectivity index (χ4n) is 1.52. The average Bonchev–Trinajstić information content (AvgIpc) is 2.27. The van der Waals surface area contributed by atoms with E-state index in [2.05, 4.69) is 4.18 Å². The van der Waals surface area contributed by atoms with E-state index in [4.69, 9.17) is 4.74 Å². The lowest BCUT2D eigenvalue weighted by Gasteiger charge is -2.16. The molecular formula is C10H7F3O5S. The second-order valence-electron chi connectivity index (χ2n) is 3.72. The molecule has 0 aromatic heterocycles. The van der Waals surface area contributed by atoms with Crippen LogP contribution in [-0.2, 0) is 21.5 Å². The van der Waals surface area contributed by atoms with E-state index in [0.29, 0.717) is 0 Å². The Kier molecular flexibility index (Phi) is 3.27. The molecule has 1 heterocycles. The Balaban J connectivity index is 2.32. The van der Waals surface area contributed by atoms with Crippen molar-refractivity contribution in [1.82, 2.24) is 0 Å². The van der Waals surface area contributed by atoms with E-state index in [-0.39, 0.29) is 30.1 Å². The van der Waals surface area contributed by atoms with Crippen LogP contribution in [0.3, 0.4) is 0 Å². The van der Waals surface area contributed by atoms with Gasteiger partial charge in [-0.3, -0.25) is 4.79 Å². The molecule has 0 amide bonds. The molecule has 0 spiro atoms. The Bertz CT molecular complexity index is 621. The number of halogens is 3. The van der Waals surface area contributed by atoms with Gasteiger partial charge in [-0.2, -0.15) is 21.6 Å². The minimum atomic E-state index is -5.72. The number of ketones is 1. The van der Waals surface area contributed by atoms with Gasteiger partial charge in [0.05, 0.1) is 6.61 Å². The van der Waals surface area contributed by atoms with Crippen molar-refractivity contribution in [2.75, 3.05) is 6.61 Å². The second-order valence-corrected chi connectivity index (χ2v) is 5.26. The third kappa shape index (κ3) is 2.71. The summed E-state index contributed by atoms with van der Waals surface area (Å²) >= 11 is 0. The van der Waals surface area contributed by atoms with E-state index in [0.717, 1.165) is 12.1 Å². The van der Waals surface area contributed by atoms with Crippen LogP contribution in [0.1, 0.15) is 15.9 Å². The molecule has 0 unspecified atom stereocenters. The highest BCUT2D eigenvalue weighted by Gasteiger charge is 2.48. The summed E-state index contributed by atoms with van der Waals surface area (Å²) in [4.78, 5) is 11.4. The molecule has 0 radical (unpaired) electrons. The van der Waals surface area contributed by atoms with Gasteiger partial charge < -0.3 is 8.92 Å². The summed E-state index contributed by atoms with van der Waals surface area (Å²) in [6.07, 6.45) is 0. The van der Waals surface area contributed by atoms with Gasteiger partial charge in [0.25, 0.3) is 0 Å². The lowest BCUT2D eigenvalue weighted by atomic mass is 10.0. The van der Waals surface area contributed by atoms with Crippen molar-refractivity contribution in [1.29, 1.82) is 0 Å². The van der Waals surface area contributed by atoms with E-state index in [1.165, 1.54) is 6.07 Å². The van der Waals surface area contributed by atoms with Crippen LogP contribution in [0.15, 0.2) is 18.2 Å². The first-order valence-electron chi connectivity index (χ1n) is 4.95. The predicted octanol–water partition coefficient (Wildman–Crippen LogP) is 1.63. The number of carbonyl (C=O) groups excluding carboxylic acids is 1. The largest absolute Gasteiger partial charge is 0.534 e. The number of Topliss-reactive ketones (excluding diaryl/α,β-unsaturated/α-hetero) is 1. The van der Waals surface area contributed by atoms with Crippen molar-refractivity contribution >= 4 is 15.9 Å². The minimum absolute atomic E-state index is 0.00430. The van der Waals surface area contributed by atoms with Crippen LogP contribution in [0, 0.1) is 0 Å². The first kappa shape index (κ1) is 13.8. The van der Waals surface area contributed by atoms with Gasteiger partial charge in [0, 0.05) is 5.56 Å². The quantitative estimate of drug-likeness (QED) is 0.613. The topological polar surface area (TPSA) is 69.7 Å². The molecule has 1 aliphatic rings. The van der Waals surface area contributed by atoms with Crippen LogP contribution < -0.4 is 4.18 Å². The third-order valence-corrected chi connectivity index (χ3v) is 3.34. The molecule has 0 bridgehead atoms. The summed E-state index contributed by atoms with van der Waals surface area (Å²) in [6.45, 7) is -0.113. The third-order valence-electron chi connectivity index (χ3n) is 2.36. The molecule has 1 aromatic rings. The fourth-order valence-corrected chi connectivity index (χ4v) is 1.97. The Morgan fingerprint density at radius 3 is 2.53 bits per heavy atom. The van der Waals surface area contributed by atoms with Crippen molar-refractivity contribution in [2.45, 2.75) is 12.1 Å². The molecule has 1 aromatic carbocycles. The van der Waals surface area contributed by atoms with Gasteiger partial charge in [0.15, 0.2) is 5.78 Å². The lowest BCUT2D eigenvalue weighted by Crippen LogP contribution is -2.28. The summed E-state index contributed by atoms with van der Waals surface area (Å²) in [5, 5.41) is 0. The molecule has 0 atom stereocenters. The average molecular weight is 296 g/mol. The molecule has 0 aliphatic carbocycles. The Morgan fingerprint density at radius 1 is 1.21 bits per heavy atom. The molecule has 19 heavy (non-hydrogen) atoms. The maximum Gasteiger partial charge on any atom is 0.534 e. The number of ether oxygens (including phenoxy) is 1. The molecule has 5 nitrogen and oxygen atoms in total. The Morgan fingerprint density at radius 2 is 1.89 bits per heavy atom. The SMILES string of the molecule is O=C1COCc2cc(OS(=O)(=O)C(F)(F)F)ccc21. The Labute approximate surface area is 106 Å². The van der Waals surface area contributed by atoms with Crippen LogP contribution in [-0.4, -0.2) is 26.3 Å². The van der Waals surface area contributed by atoms with Crippen LogP contribution >= 0.6 is 0 Å². The summed E-state index contributed by atoms with van der Waals surface area (Å²) in [5.41, 5.74) is -4.94. The van der Waals surface area contributed by atoms with E-state index >= 15 is 0 Å². The summed E-state index contributed by atoms with van der Waals surface area (Å²) in [7, 11) is -5.72. The number of hydrogen-bond acceptors (Lipinski definition) is 5. The van der Waals surface area contributed by atoms with Gasteiger partial charge in [-0.05, 0) is 23.8 Å². The maximum atomic E-state index is 12.1. The summed E-state index contributed by atoms with van der Waals surface area (Å²) in [5.74, 6) is -0.846. The molecule has 1 aliphatic heterocycles. The smallest absolute Gasteiger partial charge is 0.376 e. The van der Waals surface area contributed by atoms with Gasteiger partial charge in [-0.15, -0.1) is 0 Å². The standard InChI is InChI=1S/C10H7F3O5S/c11-10(12,13)19(15,16)18-7-1-2-8-6(3-7)4-17-5-9(8)14/h1-3H,4-5H2. The van der Waals surface area contributed by atoms with E-state index in [9.17, 15) is 26.4 Å². The predicted molar refractivity (Wildman–Crippen MR) is 56.0 cm³/mol. The van der Waals surface area contributed by atoms with Crippen molar-refractivity contribution in [3.63, 3.8) is 0 Å². The zero-order valence-corrected chi connectivity index (χ0v) is 10.0. The molecule has 2 rings (SSSR count). The molecule has 9 heteroatoms. The number of benzene rings is 1. The number of alkyl halides is 3. The zero-order valence-electron chi connectivity index (χ0n) is 9.23. The highest BCUT2D eigenvalue weighted by Crippen LogP contribution is 2.29. The van der Waals surface area contributed by atoms with Crippen LogP contribution in [0.2, 0.25) is 0 Å². The highest BCUT2D eigenvalue weighted by molar-refractivity contribution is 7.87. The monoisotopic (exact) mass is 296 g/mol. The van der Waals surface area contributed by atoms with E-state index in [1.807, 2.05) is 0 Å². The first-order valence-corrected chi connectivity index (χ1v) is 6.36. The zero-order chi connectivity index (χ0) is 14.3. The Hall–Kier alpha value is -1.61. The number of hydrogen-bond donors (Lipinski definition) is 0. The highest BCUT2D eigenvalue weighted by atomic mass is 32.2. The van der Waals surface area contributed by atoms with Gasteiger partial charge in [0.1, 0.15) is 12.4 Å².